The van der Waals surface area contributed by atoms with Crippen molar-refractivity contribution in [1.29, 1.82) is 0 Å². The second-order valence-electron chi connectivity index (χ2n) is 3.82. The molecule has 3 nitrogen and oxygen atoms in total. The number of fused-ring (bicyclic) bond motifs is 1. The van der Waals surface area contributed by atoms with Gasteiger partial charge in [0.25, 0.3) is 0 Å². The van der Waals surface area contributed by atoms with Crippen molar-refractivity contribution in [3.8, 4) is 10.6 Å². The summed E-state index contributed by atoms with van der Waals surface area (Å²) in [5.74, 6) is 0.866. The Balaban J connectivity index is 2.25. The van der Waals surface area contributed by atoms with Crippen LogP contribution < -0.4 is 0 Å². The highest BCUT2D eigenvalue weighted by molar-refractivity contribution is 7.15. The number of thiazole rings is 1. The predicted molar refractivity (Wildman–Crippen MR) is 68.0 cm³/mol. The number of para-hydroxylation sites is 1. The third kappa shape index (κ3) is 1.66. The molecule has 0 radical (unpaired) electrons. The second-order valence-corrected chi connectivity index (χ2v) is 4.93. The fourth-order valence-corrected chi connectivity index (χ4v) is 2.81. The zero-order valence-corrected chi connectivity index (χ0v) is 10.1. The molecule has 0 saturated heterocycles. The van der Waals surface area contributed by atoms with Gasteiger partial charge in [-0.1, -0.05) is 18.2 Å². The van der Waals surface area contributed by atoms with Gasteiger partial charge in [-0.25, -0.2) is 4.98 Å². The van der Waals surface area contributed by atoms with Gasteiger partial charge in [-0.15, -0.1) is 11.3 Å². The second kappa shape index (κ2) is 3.98. The van der Waals surface area contributed by atoms with Crippen LogP contribution >= 0.6 is 11.3 Å². The van der Waals surface area contributed by atoms with Gasteiger partial charge in [-0.2, -0.15) is 0 Å². The van der Waals surface area contributed by atoms with Gasteiger partial charge in [0.15, 0.2) is 0 Å². The molecule has 17 heavy (non-hydrogen) atoms. The van der Waals surface area contributed by atoms with Crippen molar-refractivity contribution in [2.45, 2.75) is 13.5 Å². The molecular weight excluding hydrogens is 234 g/mol. The van der Waals surface area contributed by atoms with Crippen LogP contribution in [-0.2, 0) is 6.61 Å². The van der Waals surface area contributed by atoms with Gasteiger partial charge in [-0.05, 0) is 13.0 Å². The molecule has 0 aliphatic carbocycles. The zero-order chi connectivity index (χ0) is 11.8. The van der Waals surface area contributed by atoms with E-state index in [0.717, 1.165) is 32.2 Å². The molecule has 0 bridgehead atoms. The molecule has 0 fully saturated rings. The fourth-order valence-electron chi connectivity index (χ4n) is 1.93. The van der Waals surface area contributed by atoms with E-state index in [1.54, 1.807) is 6.20 Å². The van der Waals surface area contributed by atoms with E-state index >= 15 is 0 Å². The van der Waals surface area contributed by atoms with Gasteiger partial charge < -0.3 is 9.52 Å². The molecule has 4 heteroatoms. The number of aromatic nitrogens is 1. The maximum Gasteiger partial charge on any atom is 0.135 e. The molecule has 3 rings (SSSR count). The normalized spacial score (nSPS) is 11.2. The molecule has 0 atom stereocenters. The van der Waals surface area contributed by atoms with E-state index in [1.807, 2.05) is 31.2 Å². The maximum atomic E-state index is 9.08. The lowest BCUT2D eigenvalue weighted by Gasteiger charge is -1.93. The van der Waals surface area contributed by atoms with Gasteiger partial charge in [0.2, 0.25) is 0 Å². The minimum absolute atomic E-state index is 0.0342. The Kier molecular flexibility index (Phi) is 2.46. The molecule has 0 spiro atoms. The SMILES string of the molecule is Cc1oc2ccccc2c1-c1ncc(CO)s1. The first kappa shape index (κ1) is 10.5. The summed E-state index contributed by atoms with van der Waals surface area (Å²) in [4.78, 5) is 5.20. The molecule has 3 aromatic rings. The van der Waals surface area contributed by atoms with Crippen molar-refractivity contribution in [3.05, 3.63) is 41.1 Å². The molecule has 86 valence electrons. The van der Waals surface area contributed by atoms with Crippen LogP contribution in [-0.4, -0.2) is 10.1 Å². The van der Waals surface area contributed by atoms with E-state index < -0.39 is 0 Å². The Morgan fingerprint density at radius 2 is 2.18 bits per heavy atom. The Labute approximate surface area is 102 Å². The molecule has 1 aromatic carbocycles. The van der Waals surface area contributed by atoms with E-state index in [9.17, 15) is 0 Å². The van der Waals surface area contributed by atoms with Crippen LogP contribution in [0.1, 0.15) is 10.6 Å². The largest absolute Gasteiger partial charge is 0.461 e. The third-order valence-corrected chi connectivity index (χ3v) is 3.69. The smallest absolute Gasteiger partial charge is 0.135 e. The van der Waals surface area contributed by atoms with Crippen molar-refractivity contribution >= 4 is 22.3 Å². The average molecular weight is 245 g/mol. The average Bonchev–Trinajstić information content (AvgIpc) is 2.91. The molecule has 2 aromatic heterocycles. The van der Waals surface area contributed by atoms with Gasteiger partial charge in [-0.3, -0.25) is 0 Å². The lowest BCUT2D eigenvalue weighted by atomic mass is 10.1. The highest BCUT2D eigenvalue weighted by atomic mass is 32.1. The van der Waals surface area contributed by atoms with Crippen LogP contribution in [0, 0.1) is 6.92 Å². The number of aliphatic hydroxyl groups excluding tert-OH is 1. The van der Waals surface area contributed by atoms with Crippen molar-refractivity contribution in [3.63, 3.8) is 0 Å². The molecule has 1 N–H and O–H groups in total. The Bertz CT molecular complexity index is 669. The minimum Gasteiger partial charge on any atom is -0.461 e. The monoisotopic (exact) mass is 245 g/mol. The molecular formula is C13H11NO2S. The van der Waals surface area contributed by atoms with Gasteiger partial charge in [0, 0.05) is 11.6 Å². The number of nitrogens with zero attached hydrogens (tertiary/aromatic N) is 1. The van der Waals surface area contributed by atoms with Gasteiger partial charge in [0.1, 0.15) is 16.4 Å². The molecule has 0 aliphatic rings. The topological polar surface area (TPSA) is 46.3 Å². The summed E-state index contributed by atoms with van der Waals surface area (Å²) < 4.78 is 5.70. The number of hydrogen-bond acceptors (Lipinski definition) is 4. The van der Waals surface area contributed by atoms with Crippen LogP contribution in [0.3, 0.4) is 0 Å². The summed E-state index contributed by atoms with van der Waals surface area (Å²) in [6.07, 6.45) is 1.71. The Morgan fingerprint density at radius 3 is 2.94 bits per heavy atom. The standard InChI is InChI=1S/C13H11NO2S/c1-8-12(13-14-6-9(7-15)17-13)10-4-2-3-5-11(10)16-8/h2-6,15H,7H2,1H3. The highest BCUT2D eigenvalue weighted by Gasteiger charge is 2.15. The summed E-state index contributed by atoms with van der Waals surface area (Å²) in [6.45, 7) is 1.97. The predicted octanol–water partition coefficient (Wildman–Crippen LogP) is 3.36. The van der Waals surface area contributed by atoms with Gasteiger partial charge in [0.05, 0.1) is 17.0 Å². The van der Waals surface area contributed by atoms with Crippen molar-refractivity contribution in [2.75, 3.05) is 0 Å². The Hall–Kier alpha value is -1.65. The van der Waals surface area contributed by atoms with Crippen LogP contribution in [0.4, 0.5) is 0 Å². The molecule has 0 saturated carbocycles. The number of rotatable bonds is 2. The van der Waals surface area contributed by atoms with Crippen LogP contribution in [0.2, 0.25) is 0 Å². The first-order chi connectivity index (χ1) is 8.29. The van der Waals surface area contributed by atoms with E-state index in [-0.39, 0.29) is 6.61 Å². The quantitative estimate of drug-likeness (QED) is 0.753. The first-order valence-electron chi connectivity index (χ1n) is 5.33. The lowest BCUT2D eigenvalue weighted by molar-refractivity contribution is 0.285. The van der Waals surface area contributed by atoms with Crippen molar-refractivity contribution < 1.29 is 9.52 Å². The van der Waals surface area contributed by atoms with Crippen LogP contribution in [0.25, 0.3) is 21.5 Å². The zero-order valence-electron chi connectivity index (χ0n) is 9.30. The van der Waals surface area contributed by atoms with E-state index in [4.69, 9.17) is 9.52 Å². The van der Waals surface area contributed by atoms with Crippen molar-refractivity contribution in [1.82, 2.24) is 4.98 Å². The number of aliphatic hydroxyl groups is 1. The number of hydrogen-bond donors (Lipinski definition) is 1. The number of benzene rings is 1. The number of furan rings is 1. The van der Waals surface area contributed by atoms with Gasteiger partial charge >= 0.3 is 0 Å². The van der Waals surface area contributed by atoms with Crippen LogP contribution in [0.5, 0.6) is 0 Å². The molecule has 2 heterocycles. The third-order valence-electron chi connectivity index (χ3n) is 2.69. The highest BCUT2D eigenvalue weighted by Crippen LogP contribution is 2.36. The van der Waals surface area contributed by atoms with Crippen molar-refractivity contribution in [2.24, 2.45) is 0 Å². The molecule has 0 aliphatic heterocycles. The molecule has 0 unspecified atom stereocenters. The number of aryl methyl sites for hydroxylation is 1. The van der Waals surface area contributed by atoms with E-state index in [0.29, 0.717) is 0 Å². The summed E-state index contributed by atoms with van der Waals surface area (Å²) in [7, 11) is 0. The van der Waals surface area contributed by atoms with E-state index in [1.165, 1.54) is 11.3 Å². The van der Waals surface area contributed by atoms with E-state index in [2.05, 4.69) is 4.98 Å². The Morgan fingerprint density at radius 1 is 1.35 bits per heavy atom. The summed E-state index contributed by atoms with van der Waals surface area (Å²) in [5.41, 5.74) is 1.91. The lowest BCUT2D eigenvalue weighted by Crippen LogP contribution is -1.75. The van der Waals surface area contributed by atoms with Crippen LogP contribution in [0.15, 0.2) is 34.9 Å². The summed E-state index contributed by atoms with van der Waals surface area (Å²) in [5, 5.41) is 11.1. The molecule has 0 amide bonds. The minimum atomic E-state index is 0.0342. The first-order valence-corrected chi connectivity index (χ1v) is 6.15. The fraction of sp³-hybridized carbons (Fsp3) is 0.154. The maximum absolute atomic E-state index is 9.08. The summed E-state index contributed by atoms with van der Waals surface area (Å²) in [6, 6.07) is 7.92. The summed E-state index contributed by atoms with van der Waals surface area (Å²) >= 11 is 1.50.